The van der Waals surface area contributed by atoms with Gasteiger partial charge in [0.1, 0.15) is 11.1 Å². The summed E-state index contributed by atoms with van der Waals surface area (Å²) in [6.07, 6.45) is 5.30. The number of carbonyl (C=O) groups excluding carboxylic acids is 1. The largest absolute Gasteiger partial charge is 0.371 e. The number of amides is 1. The van der Waals surface area contributed by atoms with Crippen molar-refractivity contribution in [1.29, 1.82) is 0 Å². The third-order valence-corrected chi connectivity index (χ3v) is 4.03. The normalized spacial score (nSPS) is 18.2. The smallest absolute Gasteiger partial charge is 0.250 e. The van der Waals surface area contributed by atoms with Gasteiger partial charge in [0.2, 0.25) is 11.0 Å². The first kappa shape index (κ1) is 13.9. The number of aromatic nitrogens is 2. The molecule has 0 aliphatic carbocycles. The molecular weight excluding hydrogens is 286 g/mol. The quantitative estimate of drug-likeness (QED) is 0.882. The topological polar surface area (TPSA) is 64.1 Å². The summed E-state index contributed by atoms with van der Waals surface area (Å²) in [4.78, 5) is 11.8. The molecule has 1 fully saturated rings. The molecule has 0 bridgehead atoms. The molecule has 1 N–H and O–H groups in total. The van der Waals surface area contributed by atoms with Gasteiger partial charge in [0.15, 0.2) is 0 Å². The lowest BCUT2D eigenvalue weighted by molar-refractivity contribution is -0.111. The van der Waals surface area contributed by atoms with Crippen LogP contribution in [0.3, 0.4) is 0 Å². The number of hydrogen-bond donors (Lipinski definition) is 1. The Morgan fingerprint density at radius 1 is 1.33 bits per heavy atom. The molecule has 2 heterocycles. The molecule has 108 valence electrons. The minimum Gasteiger partial charge on any atom is -0.371 e. The van der Waals surface area contributed by atoms with Crippen LogP contribution in [-0.2, 0) is 9.53 Å². The number of anilines is 1. The van der Waals surface area contributed by atoms with Crippen molar-refractivity contribution >= 4 is 28.5 Å². The maximum atomic E-state index is 11.8. The van der Waals surface area contributed by atoms with Gasteiger partial charge < -0.3 is 4.74 Å². The highest BCUT2D eigenvalue weighted by Gasteiger charge is 2.22. The Labute approximate surface area is 126 Å². The van der Waals surface area contributed by atoms with E-state index in [-0.39, 0.29) is 12.0 Å². The molecule has 21 heavy (non-hydrogen) atoms. The van der Waals surface area contributed by atoms with Crippen molar-refractivity contribution in [3.05, 3.63) is 47.0 Å². The molecule has 1 saturated heterocycles. The standard InChI is InChI=1S/C15H15N3O2S/c19-13(9-8-11-5-2-1-3-6-11)16-15-18-17-14(21-15)12-7-4-10-20-12/h1-3,5-6,8-9,12H,4,7,10H2,(H,16,18,19)/b9-8+/t12-/m1/s1. The lowest BCUT2D eigenvalue weighted by Crippen LogP contribution is -2.07. The second-order valence-corrected chi connectivity index (χ2v) is 5.69. The summed E-state index contributed by atoms with van der Waals surface area (Å²) >= 11 is 1.37. The van der Waals surface area contributed by atoms with E-state index in [1.165, 1.54) is 17.4 Å². The van der Waals surface area contributed by atoms with Crippen LogP contribution in [0.25, 0.3) is 6.08 Å². The summed E-state index contributed by atoms with van der Waals surface area (Å²) in [6, 6.07) is 9.66. The molecule has 0 unspecified atom stereocenters. The van der Waals surface area contributed by atoms with Gasteiger partial charge in [0.05, 0.1) is 0 Å². The molecule has 0 spiro atoms. The maximum Gasteiger partial charge on any atom is 0.250 e. The van der Waals surface area contributed by atoms with E-state index in [2.05, 4.69) is 15.5 Å². The fraction of sp³-hybridized carbons (Fsp3) is 0.267. The van der Waals surface area contributed by atoms with Crippen LogP contribution in [0.15, 0.2) is 36.4 Å². The van der Waals surface area contributed by atoms with E-state index in [0.717, 1.165) is 30.0 Å². The highest BCUT2D eigenvalue weighted by Crippen LogP contribution is 2.31. The fourth-order valence-electron chi connectivity index (χ4n) is 2.07. The van der Waals surface area contributed by atoms with Crippen molar-refractivity contribution in [2.24, 2.45) is 0 Å². The molecule has 0 saturated carbocycles. The van der Waals surface area contributed by atoms with Crippen LogP contribution < -0.4 is 5.32 Å². The summed E-state index contributed by atoms with van der Waals surface area (Å²) < 4.78 is 5.54. The van der Waals surface area contributed by atoms with Gasteiger partial charge in [0, 0.05) is 12.7 Å². The fourth-order valence-corrected chi connectivity index (χ4v) is 2.90. The lowest BCUT2D eigenvalue weighted by atomic mass is 10.2. The lowest BCUT2D eigenvalue weighted by Gasteiger charge is -2.01. The summed E-state index contributed by atoms with van der Waals surface area (Å²) in [5, 5.41) is 12.1. The Kier molecular flexibility index (Phi) is 4.37. The monoisotopic (exact) mass is 301 g/mol. The van der Waals surface area contributed by atoms with E-state index >= 15 is 0 Å². The maximum absolute atomic E-state index is 11.8. The molecule has 1 aliphatic rings. The van der Waals surface area contributed by atoms with E-state index in [4.69, 9.17) is 4.74 Å². The molecule has 5 nitrogen and oxygen atoms in total. The molecule has 3 rings (SSSR count). The Hall–Kier alpha value is -2.05. The van der Waals surface area contributed by atoms with Gasteiger partial charge in [-0.1, -0.05) is 41.7 Å². The second-order valence-electron chi connectivity index (χ2n) is 4.68. The van der Waals surface area contributed by atoms with Gasteiger partial charge >= 0.3 is 0 Å². The molecule has 0 radical (unpaired) electrons. The zero-order valence-electron chi connectivity index (χ0n) is 11.4. The number of carbonyl (C=O) groups is 1. The predicted octanol–water partition coefficient (Wildman–Crippen LogP) is 3.04. The molecule has 1 atom stereocenters. The first-order valence-corrected chi connectivity index (χ1v) is 7.62. The van der Waals surface area contributed by atoms with Gasteiger partial charge in [-0.05, 0) is 24.5 Å². The molecule has 1 aliphatic heterocycles. The van der Waals surface area contributed by atoms with Crippen molar-refractivity contribution in [3.8, 4) is 0 Å². The number of benzene rings is 1. The number of nitrogens with one attached hydrogen (secondary N) is 1. The van der Waals surface area contributed by atoms with Crippen molar-refractivity contribution < 1.29 is 9.53 Å². The number of nitrogens with zero attached hydrogens (tertiary/aromatic N) is 2. The Balaban J connectivity index is 1.58. The summed E-state index contributed by atoms with van der Waals surface area (Å²) in [6.45, 7) is 0.770. The van der Waals surface area contributed by atoms with E-state index in [1.54, 1.807) is 6.08 Å². The van der Waals surface area contributed by atoms with Crippen molar-refractivity contribution in [1.82, 2.24) is 10.2 Å². The zero-order valence-corrected chi connectivity index (χ0v) is 12.2. The average Bonchev–Trinajstić information content (AvgIpc) is 3.17. The summed E-state index contributed by atoms with van der Waals surface area (Å²) in [5.41, 5.74) is 0.977. The van der Waals surface area contributed by atoms with Crippen molar-refractivity contribution in [2.45, 2.75) is 18.9 Å². The van der Waals surface area contributed by atoms with Crippen LogP contribution in [0.4, 0.5) is 5.13 Å². The van der Waals surface area contributed by atoms with E-state index in [9.17, 15) is 4.79 Å². The van der Waals surface area contributed by atoms with Gasteiger partial charge in [-0.2, -0.15) is 0 Å². The van der Waals surface area contributed by atoms with Crippen LogP contribution in [-0.4, -0.2) is 22.7 Å². The third-order valence-electron chi connectivity index (χ3n) is 3.10. The van der Waals surface area contributed by atoms with Crippen molar-refractivity contribution in [2.75, 3.05) is 11.9 Å². The van der Waals surface area contributed by atoms with Crippen LogP contribution in [0.1, 0.15) is 29.5 Å². The van der Waals surface area contributed by atoms with Crippen molar-refractivity contribution in [3.63, 3.8) is 0 Å². The summed E-state index contributed by atoms with van der Waals surface area (Å²) in [7, 11) is 0. The van der Waals surface area contributed by atoms with Crippen LogP contribution in [0, 0.1) is 0 Å². The minimum absolute atomic E-state index is 0.0352. The SMILES string of the molecule is O=C(/C=C/c1ccccc1)Nc1nnc([C@H]2CCCO2)s1. The second kappa shape index (κ2) is 6.60. The van der Waals surface area contributed by atoms with Crippen LogP contribution in [0.5, 0.6) is 0 Å². The minimum atomic E-state index is -0.214. The Morgan fingerprint density at radius 3 is 2.95 bits per heavy atom. The summed E-state index contributed by atoms with van der Waals surface area (Å²) in [5.74, 6) is -0.214. The molecule has 1 amide bonds. The molecule has 1 aromatic carbocycles. The molecule has 6 heteroatoms. The zero-order chi connectivity index (χ0) is 14.5. The highest BCUT2D eigenvalue weighted by molar-refractivity contribution is 7.15. The number of rotatable bonds is 4. The number of ether oxygens (including phenoxy) is 1. The Morgan fingerprint density at radius 2 is 2.19 bits per heavy atom. The molecule has 2 aromatic rings. The third kappa shape index (κ3) is 3.74. The average molecular weight is 301 g/mol. The predicted molar refractivity (Wildman–Crippen MR) is 81.9 cm³/mol. The first-order chi connectivity index (χ1) is 10.3. The van der Waals surface area contributed by atoms with Gasteiger partial charge in [-0.3, -0.25) is 10.1 Å². The van der Waals surface area contributed by atoms with Crippen LogP contribution in [0.2, 0.25) is 0 Å². The number of hydrogen-bond acceptors (Lipinski definition) is 5. The van der Waals surface area contributed by atoms with E-state index in [0.29, 0.717) is 5.13 Å². The van der Waals surface area contributed by atoms with Gasteiger partial charge in [0.25, 0.3) is 0 Å². The van der Waals surface area contributed by atoms with E-state index < -0.39 is 0 Å². The molecular formula is C15H15N3O2S. The first-order valence-electron chi connectivity index (χ1n) is 6.80. The van der Waals surface area contributed by atoms with E-state index in [1.807, 2.05) is 30.3 Å². The van der Waals surface area contributed by atoms with Gasteiger partial charge in [-0.15, -0.1) is 10.2 Å². The van der Waals surface area contributed by atoms with Gasteiger partial charge in [-0.25, -0.2) is 0 Å². The molecule has 1 aromatic heterocycles. The van der Waals surface area contributed by atoms with Crippen LogP contribution >= 0.6 is 11.3 Å². The highest BCUT2D eigenvalue weighted by atomic mass is 32.1. The Bertz CT molecular complexity index is 633.